The molecule has 1 unspecified atom stereocenters. The van der Waals surface area contributed by atoms with Crippen molar-refractivity contribution in [2.75, 3.05) is 14.2 Å². The van der Waals surface area contributed by atoms with Crippen molar-refractivity contribution in [3.63, 3.8) is 0 Å². The first kappa shape index (κ1) is 13.0. The quantitative estimate of drug-likeness (QED) is 0.909. The van der Waals surface area contributed by atoms with Crippen LogP contribution in [0.2, 0.25) is 0 Å². The Bertz CT molecular complexity index is 605. The number of nitrogens with zero attached hydrogens (tertiary/aromatic N) is 2. The summed E-state index contributed by atoms with van der Waals surface area (Å²) in [5.74, 6) is 1.33. The average Bonchev–Trinajstić information content (AvgIpc) is 3.23. The maximum atomic E-state index is 10.7. The predicted molar refractivity (Wildman–Crippen MR) is 74.1 cm³/mol. The molecule has 106 valence electrons. The van der Waals surface area contributed by atoms with Gasteiger partial charge in [-0.3, -0.25) is 0 Å². The molecule has 20 heavy (non-hydrogen) atoms. The lowest BCUT2D eigenvalue weighted by molar-refractivity contribution is 0.204. The van der Waals surface area contributed by atoms with Crippen LogP contribution in [0.4, 0.5) is 0 Å². The van der Waals surface area contributed by atoms with Gasteiger partial charge in [-0.2, -0.15) is 0 Å². The number of imidazole rings is 1. The minimum Gasteiger partial charge on any atom is -0.497 e. The van der Waals surface area contributed by atoms with Crippen molar-refractivity contribution in [3.8, 4) is 11.5 Å². The minimum absolute atomic E-state index is 0.471. The number of aliphatic hydroxyl groups is 1. The summed E-state index contributed by atoms with van der Waals surface area (Å²) in [7, 11) is 3.20. The molecule has 5 heteroatoms. The van der Waals surface area contributed by atoms with Gasteiger partial charge in [-0.15, -0.1) is 0 Å². The van der Waals surface area contributed by atoms with Gasteiger partial charge in [0.1, 0.15) is 17.6 Å². The van der Waals surface area contributed by atoms with E-state index in [1.165, 1.54) is 0 Å². The second-order valence-corrected chi connectivity index (χ2v) is 4.97. The normalized spacial score (nSPS) is 15.9. The van der Waals surface area contributed by atoms with Crippen LogP contribution in [0.3, 0.4) is 0 Å². The molecule has 1 aliphatic carbocycles. The van der Waals surface area contributed by atoms with Gasteiger partial charge in [0.15, 0.2) is 0 Å². The number of hydrogen-bond acceptors (Lipinski definition) is 4. The van der Waals surface area contributed by atoms with Crippen molar-refractivity contribution in [1.29, 1.82) is 0 Å². The smallest absolute Gasteiger partial charge is 0.125 e. The van der Waals surface area contributed by atoms with Crippen LogP contribution >= 0.6 is 0 Å². The van der Waals surface area contributed by atoms with Crippen LogP contribution in [0.1, 0.15) is 36.2 Å². The first-order chi connectivity index (χ1) is 9.74. The van der Waals surface area contributed by atoms with E-state index in [1.807, 2.05) is 10.6 Å². The maximum Gasteiger partial charge on any atom is 0.125 e. The highest BCUT2D eigenvalue weighted by molar-refractivity contribution is 5.44. The number of rotatable bonds is 5. The summed E-state index contributed by atoms with van der Waals surface area (Å²) in [4.78, 5) is 4.16. The molecule has 0 bridgehead atoms. The first-order valence-corrected chi connectivity index (χ1v) is 6.66. The third-order valence-electron chi connectivity index (χ3n) is 3.65. The number of ether oxygens (including phenoxy) is 2. The highest BCUT2D eigenvalue weighted by Gasteiger charge is 2.28. The Hall–Kier alpha value is -2.01. The number of methoxy groups -OCH3 is 2. The molecule has 1 aromatic carbocycles. The van der Waals surface area contributed by atoms with Gasteiger partial charge in [-0.05, 0) is 31.0 Å². The number of hydrogen-bond donors (Lipinski definition) is 1. The molecule has 3 rings (SSSR count). The van der Waals surface area contributed by atoms with E-state index in [0.29, 0.717) is 23.1 Å². The van der Waals surface area contributed by atoms with Gasteiger partial charge < -0.3 is 19.1 Å². The molecule has 1 aromatic heterocycles. The molecule has 0 saturated heterocycles. The van der Waals surface area contributed by atoms with E-state index in [-0.39, 0.29) is 0 Å². The van der Waals surface area contributed by atoms with Crippen LogP contribution in [0, 0.1) is 0 Å². The molecule has 0 spiro atoms. The number of aliphatic hydroxyl groups excluding tert-OH is 1. The van der Waals surface area contributed by atoms with Crippen LogP contribution in [-0.2, 0) is 0 Å². The second-order valence-electron chi connectivity index (χ2n) is 4.97. The molecule has 1 aliphatic rings. The fourth-order valence-electron chi connectivity index (χ4n) is 2.40. The van der Waals surface area contributed by atoms with Crippen molar-refractivity contribution in [2.24, 2.45) is 0 Å². The van der Waals surface area contributed by atoms with Gasteiger partial charge in [0, 0.05) is 11.6 Å². The summed E-state index contributed by atoms with van der Waals surface area (Å²) in [5.41, 5.74) is 1.48. The summed E-state index contributed by atoms with van der Waals surface area (Å²) in [5, 5.41) is 10.7. The molecule has 0 radical (unpaired) electrons. The van der Waals surface area contributed by atoms with E-state index in [1.54, 1.807) is 38.9 Å². The molecule has 1 N–H and O–H groups in total. The molecule has 1 heterocycles. The predicted octanol–water partition coefficient (Wildman–Crippen LogP) is 2.32. The molecule has 2 aromatic rings. The maximum absolute atomic E-state index is 10.7. The fraction of sp³-hybridized carbons (Fsp3) is 0.400. The lowest BCUT2D eigenvalue weighted by atomic mass is 10.1. The van der Waals surface area contributed by atoms with Crippen molar-refractivity contribution in [3.05, 3.63) is 42.0 Å². The Morgan fingerprint density at radius 2 is 2.10 bits per heavy atom. The summed E-state index contributed by atoms with van der Waals surface area (Å²) >= 11 is 0. The van der Waals surface area contributed by atoms with E-state index in [0.717, 1.165) is 18.5 Å². The SMILES string of the molecule is COc1ccc(OC)c(C(O)c2cncn2C2CC2)c1. The lowest BCUT2D eigenvalue weighted by Gasteiger charge is -2.17. The molecule has 0 amide bonds. The first-order valence-electron chi connectivity index (χ1n) is 6.66. The van der Waals surface area contributed by atoms with Gasteiger partial charge in [0.25, 0.3) is 0 Å². The molecule has 1 saturated carbocycles. The van der Waals surface area contributed by atoms with E-state index in [4.69, 9.17) is 9.47 Å². The van der Waals surface area contributed by atoms with E-state index in [9.17, 15) is 5.11 Å². The second kappa shape index (κ2) is 5.17. The van der Waals surface area contributed by atoms with Crippen molar-refractivity contribution in [2.45, 2.75) is 25.0 Å². The Kier molecular flexibility index (Phi) is 3.36. The van der Waals surface area contributed by atoms with E-state index < -0.39 is 6.10 Å². The highest BCUT2D eigenvalue weighted by atomic mass is 16.5. The molecule has 1 fully saturated rings. The number of benzene rings is 1. The fourth-order valence-corrected chi connectivity index (χ4v) is 2.40. The largest absolute Gasteiger partial charge is 0.497 e. The van der Waals surface area contributed by atoms with Gasteiger partial charge >= 0.3 is 0 Å². The molecular formula is C15H18N2O3. The Morgan fingerprint density at radius 1 is 1.30 bits per heavy atom. The average molecular weight is 274 g/mol. The van der Waals surface area contributed by atoms with E-state index >= 15 is 0 Å². The monoisotopic (exact) mass is 274 g/mol. The van der Waals surface area contributed by atoms with Crippen LogP contribution in [0.25, 0.3) is 0 Å². The standard InChI is InChI=1S/C15H18N2O3/c1-19-11-5-6-14(20-2)12(7-11)15(18)13-8-16-9-17(13)10-3-4-10/h5-10,15,18H,3-4H2,1-2H3. The van der Waals surface area contributed by atoms with Gasteiger partial charge in [-0.1, -0.05) is 0 Å². The van der Waals surface area contributed by atoms with Crippen molar-refractivity contribution in [1.82, 2.24) is 9.55 Å². The topological polar surface area (TPSA) is 56.5 Å². The molecule has 0 aliphatic heterocycles. The van der Waals surface area contributed by atoms with Gasteiger partial charge in [0.05, 0.1) is 32.4 Å². The summed E-state index contributed by atoms with van der Waals surface area (Å²) in [6.07, 6.45) is 5.00. The van der Waals surface area contributed by atoms with Gasteiger partial charge in [-0.25, -0.2) is 4.98 Å². The molecule has 5 nitrogen and oxygen atoms in total. The van der Waals surface area contributed by atoms with Crippen LogP contribution < -0.4 is 9.47 Å². The number of aromatic nitrogens is 2. The minimum atomic E-state index is -0.775. The van der Waals surface area contributed by atoms with Crippen LogP contribution in [0.5, 0.6) is 11.5 Å². The lowest BCUT2D eigenvalue weighted by Crippen LogP contribution is -2.08. The zero-order valence-corrected chi connectivity index (χ0v) is 11.6. The van der Waals surface area contributed by atoms with E-state index in [2.05, 4.69) is 4.98 Å². The van der Waals surface area contributed by atoms with Crippen molar-refractivity contribution >= 4 is 0 Å². The Balaban J connectivity index is 2.00. The van der Waals surface area contributed by atoms with Crippen molar-refractivity contribution < 1.29 is 14.6 Å². The molecular weight excluding hydrogens is 256 g/mol. The third-order valence-corrected chi connectivity index (χ3v) is 3.65. The van der Waals surface area contributed by atoms with Crippen LogP contribution in [0.15, 0.2) is 30.7 Å². The van der Waals surface area contributed by atoms with Crippen LogP contribution in [-0.4, -0.2) is 28.9 Å². The third kappa shape index (κ3) is 2.25. The zero-order chi connectivity index (χ0) is 14.1. The molecule has 1 atom stereocenters. The zero-order valence-electron chi connectivity index (χ0n) is 11.6. The Morgan fingerprint density at radius 3 is 2.75 bits per heavy atom. The summed E-state index contributed by atoms with van der Waals surface area (Å²) < 4.78 is 12.6. The van der Waals surface area contributed by atoms with Gasteiger partial charge in [0.2, 0.25) is 0 Å². The highest BCUT2D eigenvalue weighted by Crippen LogP contribution is 2.39. The summed E-state index contributed by atoms with van der Waals surface area (Å²) in [6.45, 7) is 0. The summed E-state index contributed by atoms with van der Waals surface area (Å²) in [6, 6.07) is 5.88. The Labute approximate surface area is 117 Å².